The minimum absolute atomic E-state index is 0.314. The fraction of sp³-hybridized carbons (Fsp3) is 0.864. The number of hydrogen-bond acceptors (Lipinski definition) is 1. The van der Waals surface area contributed by atoms with Crippen LogP contribution in [0.15, 0.2) is 12.2 Å². The van der Waals surface area contributed by atoms with Gasteiger partial charge < -0.3 is 4.90 Å². The molecule has 0 N–H and O–H groups in total. The van der Waals surface area contributed by atoms with Crippen molar-refractivity contribution < 1.29 is 4.79 Å². The molecule has 2 nitrogen and oxygen atoms in total. The number of hydrogen-bond donors (Lipinski definition) is 0. The molecule has 0 aromatic rings. The Hall–Kier alpha value is -0.790. The largest absolute Gasteiger partial charge is 0.346 e. The van der Waals surface area contributed by atoms with Crippen molar-refractivity contribution in [2.45, 2.75) is 110 Å². The van der Waals surface area contributed by atoms with E-state index in [1.807, 2.05) is 11.9 Å². The molecule has 142 valence electrons. The highest BCUT2D eigenvalue weighted by atomic mass is 16.2. The molecule has 0 saturated carbocycles. The van der Waals surface area contributed by atoms with Crippen molar-refractivity contribution in [2.24, 2.45) is 0 Å². The highest BCUT2D eigenvalue weighted by molar-refractivity contribution is 5.75. The molecule has 24 heavy (non-hydrogen) atoms. The first-order chi connectivity index (χ1) is 11.7. The maximum absolute atomic E-state index is 11.8. The van der Waals surface area contributed by atoms with Gasteiger partial charge in [-0.3, -0.25) is 4.79 Å². The van der Waals surface area contributed by atoms with Crippen LogP contribution in [-0.4, -0.2) is 24.4 Å². The van der Waals surface area contributed by atoms with Crippen LogP contribution in [0, 0.1) is 0 Å². The van der Waals surface area contributed by atoms with Gasteiger partial charge in [0, 0.05) is 20.0 Å². The minimum atomic E-state index is 0.314. The topological polar surface area (TPSA) is 20.3 Å². The Balaban J connectivity index is 3.24. The number of unbranched alkanes of at least 4 members (excludes halogenated alkanes) is 11. The monoisotopic (exact) mass is 337 g/mol. The lowest BCUT2D eigenvalue weighted by Gasteiger charge is -2.15. The molecule has 0 radical (unpaired) electrons. The van der Waals surface area contributed by atoms with Crippen LogP contribution in [0.25, 0.3) is 0 Å². The molecule has 0 aliphatic carbocycles. The van der Waals surface area contributed by atoms with Gasteiger partial charge in [0.05, 0.1) is 0 Å². The van der Waals surface area contributed by atoms with Gasteiger partial charge in [0.1, 0.15) is 0 Å². The summed E-state index contributed by atoms with van der Waals surface area (Å²) in [6.07, 6.45) is 23.5. The molecule has 0 aromatic carbocycles. The fourth-order valence-electron chi connectivity index (χ4n) is 3.00. The van der Waals surface area contributed by atoms with Crippen LogP contribution < -0.4 is 0 Å². The van der Waals surface area contributed by atoms with E-state index in [1.54, 1.807) is 0 Å². The van der Waals surface area contributed by atoms with E-state index < -0.39 is 0 Å². The molecule has 0 spiro atoms. The molecule has 0 aromatic heterocycles. The molecule has 0 fully saturated rings. The summed E-state index contributed by atoms with van der Waals surface area (Å²) in [5.74, 6) is 0.314. The van der Waals surface area contributed by atoms with Crippen LogP contribution in [0.5, 0.6) is 0 Å². The SMILES string of the molecule is CCCCCCCCC=CCCCCCCCC(=O)N(C)CCC. The van der Waals surface area contributed by atoms with E-state index in [-0.39, 0.29) is 0 Å². The van der Waals surface area contributed by atoms with Gasteiger partial charge in [0.15, 0.2) is 0 Å². The third-order valence-electron chi connectivity index (χ3n) is 4.64. The van der Waals surface area contributed by atoms with Crippen molar-refractivity contribution in [1.82, 2.24) is 4.90 Å². The zero-order chi connectivity index (χ0) is 17.9. The summed E-state index contributed by atoms with van der Waals surface area (Å²) in [7, 11) is 1.92. The Morgan fingerprint density at radius 3 is 1.75 bits per heavy atom. The summed E-state index contributed by atoms with van der Waals surface area (Å²) in [5, 5.41) is 0. The van der Waals surface area contributed by atoms with E-state index in [4.69, 9.17) is 0 Å². The Bertz CT molecular complexity index is 298. The predicted molar refractivity (Wildman–Crippen MR) is 107 cm³/mol. The van der Waals surface area contributed by atoms with Crippen molar-refractivity contribution in [3.8, 4) is 0 Å². The number of carbonyl (C=O) groups is 1. The number of carbonyl (C=O) groups excluding carboxylic acids is 1. The summed E-state index contributed by atoms with van der Waals surface area (Å²) in [6, 6.07) is 0. The van der Waals surface area contributed by atoms with E-state index >= 15 is 0 Å². The third kappa shape index (κ3) is 16.1. The van der Waals surface area contributed by atoms with Gasteiger partial charge in [-0.2, -0.15) is 0 Å². The van der Waals surface area contributed by atoms with Crippen LogP contribution in [0.1, 0.15) is 110 Å². The standard InChI is InChI=1S/C22H43NO/c1-4-6-7-8-9-10-11-12-13-14-15-16-17-18-19-20-22(24)23(3)21-5-2/h12-13H,4-11,14-21H2,1-3H3. The lowest BCUT2D eigenvalue weighted by atomic mass is 10.1. The average Bonchev–Trinajstić information content (AvgIpc) is 2.58. The van der Waals surface area contributed by atoms with Gasteiger partial charge in [-0.15, -0.1) is 0 Å². The van der Waals surface area contributed by atoms with Crippen LogP contribution in [0.3, 0.4) is 0 Å². The molecule has 1 amide bonds. The van der Waals surface area contributed by atoms with Crippen molar-refractivity contribution >= 4 is 5.91 Å². The van der Waals surface area contributed by atoms with Gasteiger partial charge in [-0.05, 0) is 38.5 Å². The van der Waals surface area contributed by atoms with E-state index in [2.05, 4.69) is 26.0 Å². The summed E-state index contributed by atoms with van der Waals surface area (Å²) < 4.78 is 0. The second-order valence-electron chi connectivity index (χ2n) is 7.15. The van der Waals surface area contributed by atoms with Crippen LogP contribution in [-0.2, 0) is 4.79 Å². The van der Waals surface area contributed by atoms with Crippen molar-refractivity contribution in [1.29, 1.82) is 0 Å². The summed E-state index contributed by atoms with van der Waals surface area (Å²) in [5.41, 5.74) is 0. The first kappa shape index (κ1) is 23.2. The summed E-state index contributed by atoms with van der Waals surface area (Å²) >= 11 is 0. The lowest BCUT2D eigenvalue weighted by molar-refractivity contribution is -0.130. The highest BCUT2D eigenvalue weighted by Crippen LogP contribution is 2.10. The van der Waals surface area contributed by atoms with E-state index in [0.29, 0.717) is 5.91 Å². The molecule has 0 saturated heterocycles. The Morgan fingerprint density at radius 2 is 1.21 bits per heavy atom. The fourth-order valence-corrected chi connectivity index (χ4v) is 3.00. The number of rotatable bonds is 17. The van der Waals surface area contributed by atoms with Crippen molar-refractivity contribution in [3.05, 3.63) is 12.2 Å². The second-order valence-corrected chi connectivity index (χ2v) is 7.15. The van der Waals surface area contributed by atoms with Gasteiger partial charge in [-0.1, -0.05) is 77.4 Å². The molecule has 0 atom stereocenters. The quantitative estimate of drug-likeness (QED) is 0.209. The normalized spacial score (nSPS) is 11.3. The van der Waals surface area contributed by atoms with Crippen molar-refractivity contribution in [2.75, 3.05) is 13.6 Å². The molecule has 0 aliphatic rings. The highest BCUT2D eigenvalue weighted by Gasteiger charge is 2.06. The predicted octanol–water partition coefficient (Wildman–Crippen LogP) is 6.89. The van der Waals surface area contributed by atoms with Crippen LogP contribution in [0.4, 0.5) is 0 Å². The first-order valence-corrected chi connectivity index (χ1v) is 10.6. The van der Waals surface area contributed by atoms with Gasteiger partial charge in [0.2, 0.25) is 5.91 Å². The third-order valence-corrected chi connectivity index (χ3v) is 4.64. The Labute approximate surface area is 152 Å². The summed E-state index contributed by atoms with van der Waals surface area (Å²) in [6.45, 7) is 5.28. The molecular weight excluding hydrogens is 294 g/mol. The Kier molecular flexibility index (Phi) is 17.9. The van der Waals surface area contributed by atoms with Crippen LogP contribution >= 0.6 is 0 Å². The van der Waals surface area contributed by atoms with Gasteiger partial charge >= 0.3 is 0 Å². The number of allylic oxidation sites excluding steroid dienone is 2. The zero-order valence-corrected chi connectivity index (χ0v) is 16.8. The maximum atomic E-state index is 11.8. The first-order valence-electron chi connectivity index (χ1n) is 10.6. The van der Waals surface area contributed by atoms with Crippen LogP contribution in [0.2, 0.25) is 0 Å². The second kappa shape index (κ2) is 18.5. The molecule has 0 heterocycles. The van der Waals surface area contributed by atoms with Gasteiger partial charge in [0.25, 0.3) is 0 Å². The molecule has 0 aliphatic heterocycles. The van der Waals surface area contributed by atoms with Crippen molar-refractivity contribution in [3.63, 3.8) is 0 Å². The molecule has 2 heteroatoms. The zero-order valence-electron chi connectivity index (χ0n) is 16.8. The molecule has 0 bridgehead atoms. The van der Waals surface area contributed by atoms with E-state index in [1.165, 1.54) is 77.0 Å². The van der Waals surface area contributed by atoms with Gasteiger partial charge in [-0.25, -0.2) is 0 Å². The van der Waals surface area contributed by atoms with E-state index in [9.17, 15) is 4.79 Å². The molecular formula is C22H43NO. The molecule has 0 rings (SSSR count). The number of nitrogens with zero attached hydrogens (tertiary/aromatic N) is 1. The maximum Gasteiger partial charge on any atom is 0.222 e. The minimum Gasteiger partial charge on any atom is -0.346 e. The lowest BCUT2D eigenvalue weighted by Crippen LogP contribution is -2.26. The summed E-state index contributed by atoms with van der Waals surface area (Å²) in [4.78, 5) is 13.7. The number of amides is 1. The molecule has 0 unspecified atom stereocenters. The average molecular weight is 338 g/mol. The van der Waals surface area contributed by atoms with E-state index in [0.717, 1.165) is 25.8 Å². The Morgan fingerprint density at radius 1 is 0.708 bits per heavy atom. The smallest absolute Gasteiger partial charge is 0.222 e.